The van der Waals surface area contributed by atoms with Gasteiger partial charge in [0.1, 0.15) is 11.4 Å². The smallest absolute Gasteiger partial charge is 0.265 e. The van der Waals surface area contributed by atoms with Crippen molar-refractivity contribution >= 4 is 46.8 Å². The van der Waals surface area contributed by atoms with E-state index in [1.165, 1.54) is 18.2 Å². The van der Waals surface area contributed by atoms with Gasteiger partial charge in [-0.2, -0.15) is 0 Å². The number of thiocarbonyl (C=S) groups is 1. The van der Waals surface area contributed by atoms with E-state index in [1.54, 1.807) is 6.92 Å². The van der Waals surface area contributed by atoms with E-state index in [0.29, 0.717) is 5.56 Å². The summed E-state index contributed by atoms with van der Waals surface area (Å²) in [6, 6.07) is 3.02. The second-order valence-electron chi connectivity index (χ2n) is 4.61. The summed E-state index contributed by atoms with van der Waals surface area (Å²) < 4.78 is 14.2. The van der Waals surface area contributed by atoms with Crippen LogP contribution in [-0.4, -0.2) is 28.4 Å². The molecule has 1 aliphatic heterocycles. The van der Waals surface area contributed by atoms with Gasteiger partial charge in [-0.25, -0.2) is 4.39 Å². The third-order valence-electron chi connectivity index (χ3n) is 3.11. The minimum atomic E-state index is -0.688. The first-order valence-corrected chi connectivity index (χ1v) is 7.09. The lowest BCUT2D eigenvalue weighted by Crippen LogP contribution is -2.53. The maximum absolute atomic E-state index is 14.2. The fourth-order valence-electron chi connectivity index (χ4n) is 1.94. The van der Waals surface area contributed by atoms with E-state index in [9.17, 15) is 14.0 Å². The van der Waals surface area contributed by atoms with Crippen molar-refractivity contribution < 1.29 is 14.0 Å². The summed E-state index contributed by atoms with van der Waals surface area (Å²) in [4.78, 5) is 25.5. The van der Waals surface area contributed by atoms with Crippen molar-refractivity contribution in [3.8, 4) is 0 Å². The molecule has 1 N–H and O–H groups in total. The number of benzene rings is 1. The van der Waals surface area contributed by atoms with Crippen LogP contribution in [0.25, 0.3) is 6.08 Å². The second-order valence-corrected chi connectivity index (χ2v) is 5.41. The van der Waals surface area contributed by atoms with Gasteiger partial charge in [-0.05, 0) is 36.8 Å². The first kappa shape index (κ1) is 16.3. The molecule has 0 aromatic heterocycles. The molecule has 1 aromatic carbocycles. The second kappa shape index (κ2) is 6.37. The molecule has 7 heteroatoms. The fraction of sp³-hybridized carbons (Fsp3) is 0.133. The number of nitrogens with zero attached hydrogens (tertiary/aromatic N) is 1. The molecule has 0 unspecified atom stereocenters. The van der Waals surface area contributed by atoms with Gasteiger partial charge in [0.15, 0.2) is 5.11 Å². The van der Waals surface area contributed by atoms with Crippen molar-refractivity contribution in [1.29, 1.82) is 0 Å². The van der Waals surface area contributed by atoms with E-state index in [-0.39, 0.29) is 27.8 Å². The molecule has 0 aliphatic carbocycles. The lowest BCUT2D eigenvalue weighted by Gasteiger charge is -2.27. The number of carbonyl (C=O) groups is 2. The topological polar surface area (TPSA) is 49.4 Å². The Morgan fingerprint density at radius 1 is 1.45 bits per heavy atom. The molecule has 22 heavy (non-hydrogen) atoms. The highest BCUT2D eigenvalue weighted by Gasteiger charge is 2.33. The van der Waals surface area contributed by atoms with Crippen molar-refractivity contribution in [2.45, 2.75) is 6.92 Å². The maximum atomic E-state index is 14.2. The van der Waals surface area contributed by atoms with Gasteiger partial charge in [0.2, 0.25) is 0 Å². The zero-order chi connectivity index (χ0) is 16.4. The van der Waals surface area contributed by atoms with E-state index in [1.807, 2.05) is 0 Å². The average molecular weight is 339 g/mol. The van der Waals surface area contributed by atoms with Gasteiger partial charge in [-0.15, -0.1) is 6.58 Å². The number of amides is 2. The molecule has 0 bridgehead atoms. The third kappa shape index (κ3) is 2.93. The summed E-state index contributed by atoms with van der Waals surface area (Å²) in [5.41, 5.74) is 0.117. The van der Waals surface area contributed by atoms with E-state index in [0.717, 1.165) is 11.0 Å². The summed E-state index contributed by atoms with van der Waals surface area (Å²) in [6.07, 6.45) is 2.61. The summed E-state index contributed by atoms with van der Waals surface area (Å²) in [5, 5.41) is 2.48. The monoisotopic (exact) mass is 338 g/mol. The Morgan fingerprint density at radius 2 is 2.14 bits per heavy atom. The molecule has 4 nitrogen and oxygen atoms in total. The first-order valence-electron chi connectivity index (χ1n) is 6.31. The third-order valence-corrected chi connectivity index (χ3v) is 3.76. The van der Waals surface area contributed by atoms with Gasteiger partial charge in [-0.3, -0.25) is 19.8 Å². The molecule has 114 valence electrons. The SMILES string of the molecule is C=CCN1C(=O)C(=Cc2c(Cl)ccc(C)c2F)C(=O)NC1=S. The van der Waals surface area contributed by atoms with Crippen LogP contribution in [0.5, 0.6) is 0 Å². The number of aryl methyl sites for hydroxylation is 1. The highest BCUT2D eigenvalue weighted by molar-refractivity contribution is 7.80. The molecule has 0 saturated carbocycles. The van der Waals surface area contributed by atoms with Crippen LogP contribution in [0.1, 0.15) is 11.1 Å². The molecule has 2 rings (SSSR count). The van der Waals surface area contributed by atoms with Crippen LogP contribution in [0.3, 0.4) is 0 Å². The Morgan fingerprint density at radius 3 is 2.77 bits per heavy atom. The summed E-state index contributed by atoms with van der Waals surface area (Å²) in [6.45, 7) is 5.23. The largest absolute Gasteiger partial charge is 0.298 e. The molecule has 1 aliphatic rings. The van der Waals surface area contributed by atoms with Crippen LogP contribution in [0, 0.1) is 12.7 Å². The molecule has 0 radical (unpaired) electrons. The molecule has 0 atom stereocenters. The highest BCUT2D eigenvalue weighted by Crippen LogP contribution is 2.25. The Hall–Kier alpha value is -2.05. The highest BCUT2D eigenvalue weighted by atomic mass is 35.5. The van der Waals surface area contributed by atoms with Gasteiger partial charge in [0.25, 0.3) is 11.8 Å². The van der Waals surface area contributed by atoms with E-state index >= 15 is 0 Å². The van der Waals surface area contributed by atoms with Gasteiger partial charge >= 0.3 is 0 Å². The molecule has 2 amide bonds. The van der Waals surface area contributed by atoms with Crippen molar-refractivity contribution in [2.75, 3.05) is 6.54 Å². The number of hydrogen-bond donors (Lipinski definition) is 1. The summed E-state index contributed by atoms with van der Waals surface area (Å²) >= 11 is 10.9. The minimum absolute atomic E-state index is 0.00784. The van der Waals surface area contributed by atoms with Crippen molar-refractivity contribution in [1.82, 2.24) is 10.2 Å². The number of nitrogens with one attached hydrogen (secondary N) is 1. The Kier molecular flexibility index (Phi) is 4.73. The van der Waals surface area contributed by atoms with Crippen molar-refractivity contribution in [3.05, 3.63) is 52.3 Å². The molecular formula is C15H12ClFN2O2S. The lowest BCUT2D eigenvalue weighted by molar-refractivity contribution is -0.128. The van der Waals surface area contributed by atoms with Crippen LogP contribution in [0.4, 0.5) is 4.39 Å². The zero-order valence-corrected chi connectivity index (χ0v) is 13.2. The van der Waals surface area contributed by atoms with Crippen LogP contribution in [-0.2, 0) is 9.59 Å². The van der Waals surface area contributed by atoms with Crippen molar-refractivity contribution in [3.63, 3.8) is 0 Å². The Balaban J connectivity index is 2.53. The zero-order valence-electron chi connectivity index (χ0n) is 11.7. The Labute approximate surface area is 137 Å². The molecule has 1 aromatic rings. The summed E-state index contributed by atoms with van der Waals surface area (Å²) in [7, 11) is 0. The maximum Gasteiger partial charge on any atom is 0.265 e. The fourth-order valence-corrected chi connectivity index (χ4v) is 2.39. The predicted molar refractivity (Wildman–Crippen MR) is 86.8 cm³/mol. The molecular weight excluding hydrogens is 327 g/mol. The van der Waals surface area contributed by atoms with Gasteiger partial charge in [0.05, 0.1) is 5.02 Å². The van der Waals surface area contributed by atoms with E-state index in [2.05, 4.69) is 11.9 Å². The van der Waals surface area contributed by atoms with Gasteiger partial charge in [0, 0.05) is 12.1 Å². The molecule has 0 spiro atoms. The standard InChI is InChI=1S/C15H12ClFN2O2S/c1-3-6-19-14(21)10(13(20)18-15(19)22)7-9-11(16)5-4-8(2)12(9)17/h3-5,7H,1,6H2,2H3,(H,18,20,22). The van der Waals surface area contributed by atoms with Crippen LogP contribution >= 0.6 is 23.8 Å². The van der Waals surface area contributed by atoms with Crippen LogP contribution in [0.15, 0.2) is 30.4 Å². The van der Waals surface area contributed by atoms with Gasteiger partial charge in [-0.1, -0.05) is 23.7 Å². The predicted octanol–water partition coefficient (Wildman–Crippen LogP) is 2.60. The average Bonchev–Trinajstić information content (AvgIpc) is 2.46. The quantitative estimate of drug-likeness (QED) is 0.399. The van der Waals surface area contributed by atoms with Crippen molar-refractivity contribution in [2.24, 2.45) is 0 Å². The van der Waals surface area contributed by atoms with E-state index < -0.39 is 17.6 Å². The van der Waals surface area contributed by atoms with Crippen LogP contribution in [0.2, 0.25) is 5.02 Å². The number of rotatable bonds is 3. The number of halogens is 2. The Bertz CT molecular complexity index is 730. The number of carbonyl (C=O) groups excluding carboxylic acids is 2. The first-order chi connectivity index (χ1) is 10.4. The normalized spacial score (nSPS) is 17.0. The molecule has 1 fully saturated rings. The number of hydrogen-bond acceptors (Lipinski definition) is 3. The van der Waals surface area contributed by atoms with Crippen LogP contribution < -0.4 is 5.32 Å². The van der Waals surface area contributed by atoms with Gasteiger partial charge < -0.3 is 0 Å². The minimum Gasteiger partial charge on any atom is -0.298 e. The van der Waals surface area contributed by atoms with E-state index in [4.69, 9.17) is 23.8 Å². The molecule has 1 heterocycles. The molecule has 1 saturated heterocycles. The lowest BCUT2D eigenvalue weighted by atomic mass is 10.0. The summed E-state index contributed by atoms with van der Waals surface area (Å²) in [5.74, 6) is -1.89.